The van der Waals surface area contributed by atoms with Crippen molar-refractivity contribution in [3.05, 3.63) is 23.9 Å². The summed E-state index contributed by atoms with van der Waals surface area (Å²) in [6, 6.07) is 3.71. The number of nitrogens with zero attached hydrogens (tertiary/aromatic N) is 3. The largest absolute Gasteiger partial charge is 0.497 e. The fraction of sp³-hybridized carbons (Fsp3) is 0.656. The monoisotopic (exact) mass is 596 g/mol. The van der Waals surface area contributed by atoms with Crippen LogP contribution in [0.5, 0.6) is 11.6 Å². The third-order valence-corrected chi connectivity index (χ3v) is 8.76. The number of benzene rings is 1. The van der Waals surface area contributed by atoms with Gasteiger partial charge in [0.1, 0.15) is 41.8 Å². The molecule has 1 aromatic heterocycles. The number of Topliss-reactive ketones (excluding diaryl/α,β-unsaturated/α-hetero) is 1. The molecule has 5 rings (SSSR count). The topological polar surface area (TPSA) is 129 Å². The van der Waals surface area contributed by atoms with E-state index in [1.165, 1.54) is 18.9 Å². The third kappa shape index (κ3) is 6.87. The van der Waals surface area contributed by atoms with Crippen molar-refractivity contribution in [2.24, 2.45) is 11.3 Å². The minimum absolute atomic E-state index is 0.0763. The summed E-state index contributed by atoms with van der Waals surface area (Å²) < 4.78 is 23.4. The van der Waals surface area contributed by atoms with Crippen LogP contribution in [0.4, 0.5) is 4.79 Å². The van der Waals surface area contributed by atoms with Crippen LogP contribution >= 0.6 is 0 Å². The number of methoxy groups -OCH3 is 2. The van der Waals surface area contributed by atoms with E-state index in [0.29, 0.717) is 29.5 Å². The van der Waals surface area contributed by atoms with E-state index in [1.807, 2.05) is 32.9 Å². The Kier molecular flexibility index (Phi) is 9.10. The van der Waals surface area contributed by atoms with Crippen molar-refractivity contribution in [1.82, 2.24) is 20.2 Å². The van der Waals surface area contributed by atoms with Gasteiger partial charge in [0.25, 0.3) is 0 Å². The first-order valence-corrected chi connectivity index (χ1v) is 15.3. The average Bonchev–Trinajstić information content (AvgIpc) is 3.58. The molecule has 2 bridgehead atoms. The zero-order chi connectivity index (χ0) is 30.9. The Morgan fingerprint density at radius 2 is 1.79 bits per heavy atom. The maximum Gasteiger partial charge on any atom is 0.408 e. The average molecular weight is 597 g/mol. The maximum atomic E-state index is 14.1. The lowest BCUT2D eigenvalue weighted by Crippen LogP contribution is -2.57. The number of hydrogen-bond donors (Lipinski definition) is 1. The van der Waals surface area contributed by atoms with Crippen molar-refractivity contribution < 1.29 is 33.3 Å². The number of hydrogen-bond acceptors (Lipinski definition) is 9. The van der Waals surface area contributed by atoms with Crippen LogP contribution < -0.4 is 14.8 Å². The predicted molar refractivity (Wildman–Crippen MR) is 159 cm³/mol. The van der Waals surface area contributed by atoms with Crippen LogP contribution in [0.25, 0.3) is 11.0 Å². The van der Waals surface area contributed by atoms with E-state index >= 15 is 0 Å². The quantitative estimate of drug-likeness (QED) is 0.553. The molecule has 11 nitrogen and oxygen atoms in total. The molecule has 3 aliphatic rings. The first-order chi connectivity index (χ1) is 20.5. The highest BCUT2D eigenvalue weighted by Gasteiger charge is 2.51. The second-order valence-electron chi connectivity index (χ2n) is 13.1. The number of fused-ring (bicyclic) bond motifs is 5. The number of aromatic nitrogens is 2. The lowest BCUT2D eigenvalue weighted by atomic mass is 9.85. The van der Waals surface area contributed by atoms with Crippen molar-refractivity contribution in [2.75, 3.05) is 20.8 Å². The van der Waals surface area contributed by atoms with Crippen molar-refractivity contribution in [2.45, 2.75) is 103 Å². The van der Waals surface area contributed by atoms with Gasteiger partial charge in [-0.15, -0.1) is 0 Å². The molecule has 1 saturated heterocycles. The number of alkyl carbamates (subject to hydrolysis) is 1. The van der Waals surface area contributed by atoms with Crippen LogP contribution in [0.3, 0.4) is 0 Å². The zero-order valence-electron chi connectivity index (χ0n) is 26.1. The summed E-state index contributed by atoms with van der Waals surface area (Å²) in [5, 5.41) is 2.82. The Labute approximate surface area is 253 Å². The van der Waals surface area contributed by atoms with Crippen LogP contribution in [0, 0.1) is 11.3 Å². The van der Waals surface area contributed by atoms with E-state index < -0.39 is 41.7 Å². The van der Waals surface area contributed by atoms with Crippen LogP contribution in [-0.2, 0) is 25.5 Å². The smallest absolute Gasteiger partial charge is 0.408 e. The third-order valence-electron chi connectivity index (χ3n) is 8.76. The second kappa shape index (κ2) is 12.6. The first-order valence-electron chi connectivity index (χ1n) is 15.3. The molecule has 11 heteroatoms. The normalized spacial score (nSPS) is 28.7. The second-order valence-corrected chi connectivity index (χ2v) is 13.1. The summed E-state index contributed by atoms with van der Waals surface area (Å²) in [5.41, 5.74) is 1.42. The summed E-state index contributed by atoms with van der Waals surface area (Å²) in [6.07, 6.45) is 4.39. The lowest BCUT2D eigenvalue weighted by molar-refractivity contribution is -0.142. The molecular formula is C32H44N4O7. The van der Waals surface area contributed by atoms with E-state index in [-0.39, 0.29) is 18.4 Å². The molecule has 0 spiro atoms. The fourth-order valence-electron chi connectivity index (χ4n) is 6.26. The van der Waals surface area contributed by atoms with Gasteiger partial charge in [0.05, 0.1) is 24.7 Å². The summed E-state index contributed by atoms with van der Waals surface area (Å²) in [5.74, 6) is 0.733. The highest BCUT2D eigenvalue weighted by Crippen LogP contribution is 2.39. The van der Waals surface area contributed by atoms with Crippen LogP contribution in [0.15, 0.2) is 18.2 Å². The molecule has 2 aliphatic heterocycles. The minimum Gasteiger partial charge on any atom is -0.497 e. The highest BCUT2D eigenvalue weighted by molar-refractivity contribution is 5.93. The molecule has 2 amide bonds. The van der Waals surface area contributed by atoms with Gasteiger partial charge in [-0.25, -0.2) is 14.8 Å². The summed E-state index contributed by atoms with van der Waals surface area (Å²) in [7, 11) is 3.10. The summed E-state index contributed by atoms with van der Waals surface area (Å²) >= 11 is 0. The van der Waals surface area contributed by atoms with Crippen molar-refractivity contribution in [3.63, 3.8) is 0 Å². The highest BCUT2D eigenvalue weighted by atomic mass is 16.6. The minimum atomic E-state index is -0.930. The van der Waals surface area contributed by atoms with Gasteiger partial charge in [-0.3, -0.25) is 9.59 Å². The molecule has 43 heavy (non-hydrogen) atoms. The SMILES string of the molecule is COc1ccc2nc3c(nc2c1)O[C@H]1CN(C(=O)[C@H](C(C)(C)C)NC(=O)O[C@@H]2C[C@H]2CCCCCC3)[C@H](C(C)=O)[C@@H]1OC. The molecule has 1 N–H and O–H groups in total. The molecular weight excluding hydrogens is 552 g/mol. The lowest BCUT2D eigenvalue weighted by Gasteiger charge is -2.35. The zero-order valence-corrected chi connectivity index (χ0v) is 26.1. The van der Waals surface area contributed by atoms with E-state index in [9.17, 15) is 14.4 Å². The summed E-state index contributed by atoms with van der Waals surface area (Å²) in [6.45, 7) is 7.13. The molecule has 2 aromatic rings. The fourth-order valence-corrected chi connectivity index (χ4v) is 6.26. The molecule has 2 fully saturated rings. The van der Waals surface area contributed by atoms with Crippen LogP contribution in [-0.4, -0.2) is 83.8 Å². The van der Waals surface area contributed by atoms with Gasteiger partial charge in [-0.2, -0.15) is 0 Å². The van der Waals surface area contributed by atoms with Crippen LogP contribution in [0.1, 0.15) is 71.9 Å². The number of rotatable bonds is 3. The number of ether oxygens (including phenoxy) is 4. The van der Waals surface area contributed by atoms with Crippen molar-refractivity contribution >= 4 is 28.8 Å². The van der Waals surface area contributed by atoms with E-state index in [2.05, 4.69) is 5.32 Å². The van der Waals surface area contributed by atoms with Crippen LogP contribution in [0.2, 0.25) is 0 Å². The van der Waals surface area contributed by atoms with Gasteiger partial charge >= 0.3 is 6.09 Å². The predicted octanol–water partition coefficient (Wildman–Crippen LogP) is 4.24. The number of aryl methyl sites for hydroxylation is 1. The maximum absolute atomic E-state index is 14.1. The first kappa shape index (κ1) is 31.0. The molecule has 3 heterocycles. The van der Waals surface area contributed by atoms with Gasteiger partial charge in [-0.05, 0) is 56.1 Å². The van der Waals surface area contributed by atoms with Gasteiger partial charge in [-0.1, -0.05) is 40.0 Å². The molecule has 234 valence electrons. The Morgan fingerprint density at radius 3 is 2.49 bits per heavy atom. The van der Waals surface area contributed by atoms with Gasteiger partial charge < -0.3 is 29.2 Å². The number of nitrogens with one attached hydrogen (secondary N) is 1. The molecule has 0 unspecified atom stereocenters. The summed E-state index contributed by atoms with van der Waals surface area (Å²) in [4.78, 5) is 51.3. The van der Waals surface area contributed by atoms with Gasteiger partial charge in [0.2, 0.25) is 11.8 Å². The van der Waals surface area contributed by atoms with E-state index in [1.54, 1.807) is 13.2 Å². The number of carbonyl (C=O) groups excluding carboxylic acids is 3. The molecule has 6 atom stereocenters. The standard InChI is InChI=1S/C32H44N4O7/c1-18(37)26-27(41-6)25-17-36(26)30(38)28(32(2,3)4)35-31(39)43-24-15-19(24)11-9-7-8-10-12-22-29(42-25)34-23-16-20(40-5)13-14-21(23)33-22/h13-14,16,19,24-28H,7-12,15,17H2,1-6H3,(H,35,39)/t19-,24-,25+,26-,27-,28-/m1/s1. The van der Waals surface area contributed by atoms with E-state index in [0.717, 1.165) is 49.7 Å². The van der Waals surface area contributed by atoms with Gasteiger partial charge in [0.15, 0.2) is 5.78 Å². The Balaban J connectivity index is 1.52. The van der Waals surface area contributed by atoms with Crippen molar-refractivity contribution in [1.29, 1.82) is 0 Å². The Bertz CT molecular complexity index is 1360. The number of amides is 2. The number of ketones is 1. The Hall–Kier alpha value is -3.47. The molecule has 0 radical (unpaired) electrons. The van der Waals surface area contributed by atoms with E-state index in [4.69, 9.17) is 28.9 Å². The van der Waals surface area contributed by atoms with Gasteiger partial charge in [0, 0.05) is 13.2 Å². The Morgan fingerprint density at radius 1 is 1.02 bits per heavy atom. The molecule has 1 saturated carbocycles. The van der Waals surface area contributed by atoms with Crippen molar-refractivity contribution in [3.8, 4) is 11.6 Å². The molecule has 1 aliphatic carbocycles. The molecule has 1 aromatic carbocycles. The number of carbonyl (C=O) groups is 3.